The van der Waals surface area contributed by atoms with Crippen molar-refractivity contribution < 1.29 is 21.9 Å². The van der Waals surface area contributed by atoms with Gasteiger partial charge in [0.25, 0.3) is 0 Å². The number of sulfone groups is 1. The predicted molar refractivity (Wildman–Crippen MR) is 75.3 cm³/mol. The van der Waals surface area contributed by atoms with E-state index in [-0.39, 0.29) is 12.4 Å². The number of nitrogens with zero attached hydrogens (tertiary/aromatic N) is 1. The molecule has 0 aliphatic heterocycles. The summed E-state index contributed by atoms with van der Waals surface area (Å²) in [6.07, 6.45) is 0.964. The highest BCUT2D eigenvalue weighted by atomic mass is 32.2. The number of aliphatic hydroxyl groups excluding tert-OH is 1. The lowest BCUT2D eigenvalue weighted by Gasteiger charge is -2.06. The second kappa shape index (κ2) is 6.69. The van der Waals surface area contributed by atoms with Crippen LogP contribution in [0.5, 0.6) is 0 Å². The van der Waals surface area contributed by atoms with E-state index in [9.17, 15) is 16.8 Å². The average molecular weight is 318 g/mol. The van der Waals surface area contributed by atoms with Crippen LogP contribution in [0.15, 0.2) is 18.2 Å². The molecule has 0 atom stereocenters. The van der Waals surface area contributed by atoms with Gasteiger partial charge in [0.05, 0.1) is 11.5 Å². The van der Waals surface area contributed by atoms with Gasteiger partial charge in [-0.3, -0.25) is 4.72 Å². The van der Waals surface area contributed by atoms with E-state index in [0.29, 0.717) is 5.69 Å². The Bertz CT molecular complexity index is 730. The summed E-state index contributed by atoms with van der Waals surface area (Å²) >= 11 is 0. The molecule has 2 N–H and O–H groups in total. The largest absolute Gasteiger partial charge is 0.384 e. The normalized spacial score (nSPS) is 11.5. The number of nitrogens with one attached hydrogen (secondary N) is 1. The van der Waals surface area contributed by atoms with Gasteiger partial charge >= 0.3 is 0 Å². The van der Waals surface area contributed by atoms with Crippen LogP contribution in [-0.2, 0) is 19.9 Å². The quantitative estimate of drug-likeness (QED) is 0.688. The van der Waals surface area contributed by atoms with E-state index in [1.54, 1.807) is 12.1 Å². The Morgan fingerprint density at radius 2 is 1.95 bits per heavy atom. The second-order valence-electron chi connectivity index (χ2n) is 3.92. The predicted octanol–water partition coefficient (Wildman–Crippen LogP) is -0.788. The van der Waals surface area contributed by atoms with Crippen LogP contribution < -0.4 is 4.72 Å². The number of hydrogen-bond acceptors (Lipinski definition) is 6. The molecule has 0 aromatic carbocycles. The molecule has 0 fully saturated rings. The molecule has 0 saturated carbocycles. The van der Waals surface area contributed by atoms with Gasteiger partial charge in [-0.1, -0.05) is 12.0 Å². The fraction of sp³-hybridized carbons (Fsp3) is 0.364. The number of anilines is 1. The molecule has 0 unspecified atom stereocenters. The Hall–Kier alpha value is -1.63. The standard InChI is InChI=1S/C11H14N2O5S2/c1-19(15,16)8-9-20(17,18)13-11-6-2-4-10(12-11)5-3-7-14/h2,4,6,14H,7-9H2,1H3,(H,12,13). The van der Waals surface area contributed by atoms with Crippen molar-refractivity contribution in [1.29, 1.82) is 0 Å². The molecule has 7 nitrogen and oxygen atoms in total. The topological polar surface area (TPSA) is 113 Å². The SMILES string of the molecule is CS(=O)(=O)CCS(=O)(=O)Nc1cccc(C#CCO)n1. The van der Waals surface area contributed by atoms with Crippen molar-refractivity contribution in [3.05, 3.63) is 23.9 Å². The van der Waals surface area contributed by atoms with Crippen LogP contribution in [0.4, 0.5) is 5.82 Å². The molecule has 9 heteroatoms. The summed E-state index contributed by atoms with van der Waals surface area (Å²) in [6.45, 7) is -0.327. The molecule has 0 aliphatic rings. The zero-order valence-electron chi connectivity index (χ0n) is 10.7. The van der Waals surface area contributed by atoms with E-state index in [1.807, 2.05) is 0 Å². The minimum Gasteiger partial charge on any atom is -0.384 e. The van der Waals surface area contributed by atoms with E-state index in [2.05, 4.69) is 21.5 Å². The molecule has 0 aliphatic carbocycles. The first kappa shape index (κ1) is 16.4. The summed E-state index contributed by atoms with van der Waals surface area (Å²) in [5, 5.41) is 8.56. The van der Waals surface area contributed by atoms with E-state index in [0.717, 1.165) is 6.26 Å². The Labute approximate surface area is 118 Å². The highest BCUT2D eigenvalue weighted by molar-refractivity contribution is 7.95. The first-order valence-corrected chi connectivity index (χ1v) is 9.18. The molecular formula is C11H14N2O5S2. The minimum absolute atomic E-state index is 0.0447. The average Bonchev–Trinajstić information content (AvgIpc) is 2.33. The smallest absolute Gasteiger partial charge is 0.234 e. The molecule has 0 radical (unpaired) electrons. The van der Waals surface area contributed by atoms with Crippen molar-refractivity contribution in [2.45, 2.75) is 0 Å². The lowest BCUT2D eigenvalue weighted by molar-refractivity contribution is 0.350. The number of sulfonamides is 1. The Kier molecular flexibility index (Phi) is 5.50. The van der Waals surface area contributed by atoms with Gasteiger partial charge in [-0.15, -0.1) is 0 Å². The van der Waals surface area contributed by atoms with Crippen molar-refractivity contribution in [3.63, 3.8) is 0 Å². The van der Waals surface area contributed by atoms with Gasteiger partial charge < -0.3 is 5.11 Å². The van der Waals surface area contributed by atoms with Gasteiger partial charge in [0, 0.05) is 6.26 Å². The monoisotopic (exact) mass is 318 g/mol. The first-order chi connectivity index (χ1) is 9.22. The summed E-state index contributed by atoms with van der Waals surface area (Å²) < 4.78 is 47.4. The maximum absolute atomic E-state index is 11.7. The summed E-state index contributed by atoms with van der Waals surface area (Å²) in [6, 6.07) is 4.52. The van der Waals surface area contributed by atoms with Crippen molar-refractivity contribution in [3.8, 4) is 11.8 Å². The van der Waals surface area contributed by atoms with Gasteiger partial charge in [0.15, 0.2) is 0 Å². The molecule has 0 amide bonds. The Morgan fingerprint density at radius 1 is 1.25 bits per heavy atom. The molecule has 0 saturated heterocycles. The third-order valence-electron chi connectivity index (χ3n) is 2.03. The van der Waals surface area contributed by atoms with E-state index < -0.39 is 31.4 Å². The van der Waals surface area contributed by atoms with Gasteiger partial charge in [-0.2, -0.15) is 0 Å². The number of aliphatic hydroxyl groups is 1. The zero-order valence-corrected chi connectivity index (χ0v) is 12.3. The molecule has 1 heterocycles. The van der Waals surface area contributed by atoms with Crippen LogP contribution in [0.25, 0.3) is 0 Å². The minimum atomic E-state index is -3.79. The molecule has 110 valence electrons. The molecule has 1 aromatic rings. The maximum atomic E-state index is 11.7. The summed E-state index contributed by atoms with van der Waals surface area (Å²) in [7, 11) is -7.15. The number of pyridine rings is 1. The second-order valence-corrected chi connectivity index (χ2v) is 8.02. The van der Waals surface area contributed by atoms with Crippen LogP contribution >= 0.6 is 0 Å². The van der Waals surface area contributed by atoms with Crippen LogP contribution in [-0.4, -0.2) is 51.3 Å². The fourth-order valence-electron chi connectivity index (χ4n) is 1.16. The maximum Gasteiger partial charge on any atom is 0.234 e. The van der Waals surface area contributed by atoms with Crippen LogP contribution in [0.3, 0.4) is 0 Å². The van der Waals surface area contributed by atoms with Gasteiger partial charge in [0.1, 0.15) is 28.0 Å². The summed E-state index contributed by atoms with van der Waals surface area (Å²) in [5.74, 6) is 3.96. The van der Waals surface area contributed by atoms with Gasteiger partial charge in [0.2, 0.25) is 10.0 Å². The summed E-state index contributed by atoms with van der Waals surface area (Å²) in [4.78, 5) is 3.92. The highest BCUT2D eigenvalue weighted by Crippen LogP contribution is 2.07. The Balaban J connectivity index is 2.82. The highest BCUT2D eigenvalue weighted by Gasteiger charge is 2.15. The third kappa shape index (κ3) is 6.51. The van der Waals surface area contributed by atoms with E-state index in [1.165, 1.54) is 6.07 Å². The molecule has 1 aromatic heterocycles. The van der Waals surface area contributed by atoms with Crippen LogP contribution in [0.1, 0.15) is 5.69 Å². The molecule has 0 bridgehead atoms. The lowest BCUT2D eigenvalue weighted by atomic mass is 10.3. The van der Waals surface area contributed by atoms with Crippen molar-refractivity contribution in [2.75, 3.05) is 29.1 Å². The lowest BCUT2D eigenvalue weighted by Crippen LogP contribution is -2.22. The number of hydrogen-bond donors (Lipinski definition) is 2. The van der Waals surface area contributed by atoms with Gasteiger partial charge in [-0.05, 0) is 18.1 Å². The first-order valence-electron chi connectivity index (χ1n) is 5.47. The van der Waals surface area contributed by atoms with Crippen molar-refractivity contribution in [1.82, 2.24) is 4.98 Å². The molecule has 1 rings (SSSR count). The Morgan fingerprint density at radius 3 is 2.55 bits per heavy atom. The van der Waals surface area contributed by atoms with Gasteiger partial charge in [-0.25, -0.2) is 21.8 Å². The third-order valence-corrected chi connectivity index (χ3v) is 4.49. The van der Waals surface area contributed by atoms with Crippen molar-refractivity contribution >= 4 is 25.7 Å². The van der Waals surface area contributed by atoms with E-state index >= 15 is 0 Å². The molecular weight excluding hydrogens is 304 g/mol. The molecule has 0 spiro atoms. The molecule has 20 heavy (non-hydrogen) atoms. The fourth-order valence-corrected chi connectivity index (χ4v) is 3.79. The van der Waals surface area contributed by atoms with Crippen LogP contribution in [0, 0.1) is 11.8 Å². The zero-order chi connectivity index (χ0) is 15.2. The number of aromatic nitrogens is 1. The number of rotatable bonds is 5. The summed E-state index contributed by atoms with van der Waals surface area (Å²) in [5.41, 5.74) is 0.294. The van der Waals surface area contributed by atoms with Crippen LogP contribution in [0.2, 0.25) is 0 Å². The van der Waals surface area contributed by atoms with E-state index in [4.69, 9.17) is 5.11 Å². The van der Waals surface area contributed by atoms with Crippen molar-refractivity contribution in [2.24, 2.45) is 0 Å².